The van der Waals surface area contributed by atoms with E-state index in [4.69, 9.17) is 4.74 Å². The van der Waals surface area contributed by atoms with Gasteiger partial charge in [-0.05, 0) is 24.0 Å². The van der Waals surface area contributed by atoms with Crippen LogP contribution >= 0.6 is 36.6 Å². The normalized spacial score (nSPS) is 16.6. The molecule has 0 fully saturated rings. The van der Waals surface area contributed by atoms with Crippen LogP contribution in [0.2, 0.25) is 0 Å². The van der Waals surface area contributed by atoms with Gasteiger partial charge in [0, 0.05) is 22.8 Å². The van der Waals surface area contributed by atoms with Gasteiger partial charge in [-0.2, -0.15) is 25.3 Å². The molecule has 24 heavy (non-hydrogen) atoms. The van der Waals surface area contributed by atoms with E-state index >= 15 is 0 Å². The summed E-state index contributed by atoms with van der Waals surface area (Å²) in [6.07, 6.45) is 0.391. The summed E-state index contributed by atoms with van der Waals surface area (Å²) in [6.45, 7) is 0. The summed E-state index contributed by atoms with van der Waals surface area (Å²) in [5.41, 5.74) is 3.01. The maximum Gasteiger partial charge on any atom is 0.358 e. The molecule has 0 amide bonds. The molecule has 4 nitrogen and oxygen atoms in total. The van der Waals surface area contributed by atoms with Gasteiger partial charge in [0.25, 0.3) is 0 Å². The number of aliphatic hydroxyl groups excluding tert-OH is 1. The van der Waals surface area contributed by atoms with Crippen LogP contribution in [0.4, 0.5) is 0 Å². The Hall–Kier alpha value is -1.02. The van der Waals surface area contributed by atoms with Crippen LogP contribution in [-0.4, -0.2) is 39.8 Å². The summed E-state index contributed by atoms with van der Waals surface area (Å²) >= 11 is 9.62. The van der Waals surface area contributed by atoms with Crippen LogP contribution in [-0.2, 0) is 17.6 Å². The Balaban J connectivity index is 1.67. The Morgan fingerprint density at radius 3 is 2.54 bits per heavy atom. The van der Waals surface area contributed by atoms with E-state index < -0.39 is 18.2 Å². The molecular weight excluding hydrogens is 362 g/mol. The van der Waals surface area contributed by atoms with Crippen molar-refractivity contribution in [3.05, 3.63) is 51.5 Å². The predicted octanol–water partition coefficient (Wildman–Crippen LogP) is 2.77. The number of fused-ring (bicyclic) bond motifs is 1. The third kappa shape index (κ3) is 3.79. The van der Waals surface area contributed by atoms with Crippen molar-refractivity contribution in [3.8, 4) is 0 Å². The van der Waals surface area contributed by atoms with Crippen LogP contribution in [0.5, 0.6) is 0 Å². The fraction of sp³-hybridized carbons (Fsp3) is 0.412. The summed E-state index contributed by atoms with van der Waals surface area (Å²) in [5.74, 6) is 0.245. The molecule has 0 spiro atoms. The van der Waals surface area contributed by atoms with Crippen molar-refractivity contribution in [1.29, 1.82) is 0 Å². The molecule has 1 aromatic heterocycles. The number of benzene rings is 1. The zero-order chi connectivity index (χ0) is 17.1. The standard InChI is InChI=1S/C17H19NO3S3/c19-14(7-22)15(8-23)21-17(20)13-9-24-16(18-13)12-5-10-3-1-2-4-11(10)6-12/h1-4,9,12,14-15,19,22-23H,5-8H2. The van der Waals surface area contributed by atoms with E-state index in [1.165, 1.54) is 22.5 Å². The first kappa shape index (κ1) is 17.8. The Morgan fingerprint density at radius 1 is 1.29 bits per heavy atom. The fourth-order valence-electron chi connectivity index (χ4n) is 2.86. The number of hydrogen-bond donors (Lipinski definition) is 3. The molecule has 1 heterocycles. The van der Waals surface area contributed by atoms with Crippen molar-refractivity contribution in [1.82, 2.24) is 4.98 Å². The first-order valence-corrected chi connectivity index (χ1v) is 9.89. The number of aromatic nitrogens is 1. The van der Waals surface area contributed by atoms with Crippen molar-refractivity contribution in [2.24, 2.45) is 0 Å². The van der Waals surface area contributed by atoms with Crippen LogP contribution in [0.3, 0.4) is 0 Å². The predicted molar refractivity (Wildman–Crippen MR) is 102 cm³/mol. The number of carbonyl (C=O) groups excluding carboxylic acids is 1. The molecule has 1 aromatic carbocycles. The second kappa shape index (κ2) is 7.91. The summed E-state index contributed by atoms with van der Waals surface area (Å²) < 4.78 is 5.31. The number of rotatable bonds is 6. The second-order valence-corrected chi connectivity index (χ2v) is 7.44. The van der Waals surface area contributed by atoms with E-state index in [9.17, 15) is 9.90 Å². The highest BCUT2D eigenvalue weighted by Crippen LogP contribution is 2.35. The lowest BCUT2D eigenvalue weighted by atomic mass is 10.1. The number of ether oxygens (including phenoxy) is 1. The van der Waals surface area contributed by atoms with Crippen molar-refractivity contribution in [2.75, 3.05) is 11.5 Å². The molecule has 0 saturated heterocycles. The lowest BCUT2D eigenvalue weighted by Crippen LogP contribution is -2.34. The van der Waals surface area contributed by atoms with Gasteiger partial charge in [0.05, 0.1) is 5.01 Å². The van der Waals surface area contributed by atoms with E-state index in [2.05, 4.69) is 54.5 Å². The SMILES string of the molecule is O=C(OC(CS)C(O)CS)c1csc(C2Cc3ccccc3C2)n1. The van der Waals surface area contributed by atoms with E-state index in [0.29, 0.717) is 11.6 Å². The lowest BCUT2D eigenvalue weighted by molar-refractivity contribution is -0.00170. The molecule has 128 valence electrons. The highest BCUT2D eigenvalue weighted by molar-refractivity contribution is 7.80. The Labute approximate surface area is 156 Å². The number of esters is 1. The first-order chi connectivity index (χ1) is 11.6. The molecule has 1 aliphatic rings. The molecular formula is C17H19NO3S3. The van der Waals surface area contributed by atoms with Crippen molar-refractivity contribution in [3.63, 3.8) is 0 Å². The first-order valence-electron chi connectivity index (χ1n) is 7.75. The molecule has 7 heteroatoms. The van der Waals surface area contributed by atoms with Gasteiger partial charge in [0.1, 0.15) is 12.2 Å². The number of hydrogen-bond acceptors (Lipinski definition) is 7. The maximum absolute atomic E-state index is 12.2. The molecule has 1 N–H and O–H groups in total. The maximum atomic E-state index is 12.2. The van der Waals surface area contributed by atoms with E-state index in [-0.39, 0.29) is 11.5 Å². The molecule has 0 radical (unpaired) electrons. The van der Waals surface area contributed by atoms with Gasteiger partial charge in [-0.15, -0.1) is 11.3 Å². The van der Waals surface area contributed by atoms with Crippen LogP contribution in [0.25, 0.3) is 0 Å². The Bertz CT molecular complexity index is 694. The monoisotopic (exact) mass is 381 g/mol. The highest BCUT2D eigenvalue weighted by atomic mass is 32.1. The van der Waals surface area contributed by atoms with E-state index in [1.54, 1.807) is 5.38 Å². The van der Waals surface area contributed by atoms with Gasteiger partial charge in [-0.25, -0.2) is 9.78 Å². The van der Waals surface area contributed by atoms with Gasteiger partial charge in [0.15, 0.2) is 5.69 Å². The smallest absolute Gasteiger partial charge is 0.358 e. The average molecular weight is 382 g/mol. The van der Waals surface area contributed by atoms with E-state index in [1.807, 2.05) is 0 Å². The fourth-order valence-corrected chi connectivity index (χ4v) is 4.30. The van der Waals surface area contributed by atoms with Crippen LogP contribution in [0.15, 0.2) is 29.6 Å². The molecule has 0 aliphatic heterocycles. The number of nitrogens with zero attached hydrogens (tertiary/aromatic N) is 1. The average Bonchev–Trinajstić information content (AvgIpc) is 3.24. The third-order valence-corrected chi connectivity index (χ3v) is 5.93. The van der Waals surface area contributed by atoms with E-state index in [0.717, 1.165) is 17.8 Å². The number of thiazole rings is 1. The lowest BCUT2D eigenvalue weighted by Gasteiger charge is -2.19. The molecule has 3 rings (SSSR count). The van der Waals surface area contributed by atoms with Gasteiger partial charge < -0.3 is 9.84 Å². The quantitative estimate of drug-likeness (QED) is 0.532. The van der Waals surface area contributed by atoms with Crippen LogP contribution < -0.4 is 0 Å². The molecule has 2 aromatic rings. The zero-order valence-electron chi connectivity index (χ0n) is 13.0. The number of carbonyl (C=O) groups is 1. The molecule has 2 unspecified atom stereocenters. The van der Waals surface area contributed by atoms with Gasteiger partial charge >= 0.3 is 5.97 Å². The number of thiol groups is 2. The summed E-state index contributed by atoms with van der Waals surface area (Å²) in [6, 6.07) is 8.40. The molecule has 0 bridgehead atoms. The van der Waals surface area contributed by atoms with Gasteiger partial charge in [-0.1, -0.05) is 24.3 Å². The number of aliphatic hydroxyl groups is 1. The topological polar surface area (TPSA) is 59.4 Å². The van der Waals surface area contributed by atoms with Gasteiger partial charge in [-0.3, -0.25) is 0 Å². The largest absolute Gasteiger partial charge is 0.454 e. The molecule has 1 aliphatic carbocycles. The molecule has 2 atom stereocenters. The third-order valence-electron chi connectivity index (χ3n) is 4.19. The van der Waals surface area contributed by atoms with Crippen LogP contribution in [0.1, 0.15) is 32.5 Å². The van der Waals surface area contributed by atoms with Crippen molar-refractivity contribution in [2.45, 2.75) is 31.0 Å². The summed E-state index contributed by atoms with van der Waals surface area (Å²) in [5, 5.41) is 12.5. The highest BCUT2D eigenvalue weighted by Gasteiger charge is 2.27. The van der Waals surface area contributed by atoms with Crippen molar-refractivity contribution >= 4 is 42.6 Å². The second-order valence-electron chi connectivity index (χ2n) is 5.82. The van der Waals surface area contributed by atoms with Gasteiger partial charge in [0.2, 0.25) is 0 Å². The minimum Gasteiger partial charge on any atom is -0.454 e. The van der Waals surface area contributed by atoms with Crippen LogP contribution in [0, 0.1) is 0 Å². The Kier molecular flexibility index (Phi) is 5.86. The minimum atomic E-state index is -0.836. The summed E-state index contributed by atoms with van der Waals surface area (Å²) in [4.78, 5) is 16.7. The van der Waals surface area contributed by atoms with Crippen molar-refractivity contribution < 1.29 is 14.6 Å². The summed E-state index contributed by atoms with van der Waals surface area (Å²) in [7, 11) is 0. The zero-order valence-corrected chi connectivity index (χ0v) is 15.6. The molecule has 0 saturated carbocycles. The Morgan fingerprint density at radius 2 is 1.96 bits per heavy atom. The minimum absolute atomic E-state index is 0.209.